The van der Waals surface area contributed by atoms with Crippen LogP contribution in [0.1, 0.15) is 29.3 Å². The lowest BCUT2D eigenvalue weighted by Crippen LogP contribution is -2.11. The molecule has 15 heavy (non-hydrogen) atoms. The first-order valence-electron chi connectivity index (χ1n) is 4.79. The van der Waals surface area contributed by atoms with E-state index in [9.17, 15) is 4.79 Å². The van der Waals surface area contributed by atoms with E-state index in [1.54, 1.807) is 0 Å². The molecule has 0 saturated heterocycles. The molecule has 82 valence electrons. The second-order valence-corrected chi connectivity index (χ2v) is 4.45. The molecule has 0 radical (unpaired) electrons. The normalized spacial score (nSPS) is 10.1. The second-order valence-electron chi connectivity index (χ2n) is 3.29. The molecule has 1 aromatic carbocycles. The van der Waals surface area contributed by atoms with Crippen LogP contribution >= 0.6 is 22.6 Å². The van der Waals surface area contributed by atoms with E-state index in [1.165, 1.54) is 0 Å². The number of rotatable bonds is 3. The Morgan fingerprint density at radius 1 is 1.53 bits per heavy atom. The maximum absolute atomic E-state index is 11.7. The van der Waals surface area contributed by atoms with Gasteiger partial charge < -0.3 is 10.5 Å². The summed E-state index contributed by atoms with van der Waals surface area (Å²) in [4.78, 5) is 11.7. The molecule has 1 rings (SSSR count). The number of carbonyl (C=O) groups is 1. The summed E-state index contributed by atoms with van der Waals surface area (Å²) in [5.74, 6) is -0.331. The predicted octanol–water partition coefficient (Wildman–Crippen LogP) is 2.75. The number of esters is 1. The van der Waals surface area contributed by atoms with Gasteiger partial charge in [0.1, 0.15) is 0 Å². The van der Waals surface area contributed by atoms with Crippen LogP contribution in [0.2, 0.25) is 0 Å². The smallest absolute Gasteiger partial charge is 0.341 e. The van der Waals surface area contributed by atoms with E-state index in [1.807, 2.05) is 26.0 Å². The maximum atomic E-state index is 11.7. The molecular formula is C11H14INO2. The number of carbonyl (C=O) groups excluding carboxylic acids is 1. The first kappa shape index (κ1) is 12.3. The Morgan fingerprint density at radius 2 is 2.20 bits per heavy atom. The lowest BCUT2D eigenvalue weighted by atomic mass is 10.1. The number of anilines is 1. The van der Waals surface area contributed by atoms with Crippen molar-refractivity contribution in [3.05, 3.63) is 26.8 Å². The zero-order valence-corrected chi connectivity index (χ0v) is 11.0. The van der Waals surface area contributed by atoms with Gasteiger partial charge in [-0.05, 0) is 47.6 Å². The van der Waals surface area contributed by atoms with Gasteiger partial charge in [-0.3, -0.25) is 0 Å². The van der Waals surface area contributed by atoms with Crippen molar-refractivity contribution in [3.8, 4) is 0 Å². The third kappa shape index (κ3) is 2.84. The number of aryl methyl sites for hydroxylation is 1. The molecule has 0 unspecified atom stereocenters. The van der Waals surface area contributed by atoms with Gasteiger partial charge in [-0.1, -0.05) is 13.0 Å². The van der Waals surface area contributed by atoms with Crippen molar-refractivity contribution < 1.29 is 9.53 Å². The molecule has 3 nitrogen and oxygen atoms in total. The van der Waals surface area contributed by atoms with Crippen molar-refractivity contribution in [1.29, 1.82) is 0 Å². The van der Waals surface area contributed by atoms with E-state index in [4.69, 9.17) is 10.5 Å². The Morgan fingerprint density at radius 3 is 2.80 bits per heavy atom. The van der Waals surface area contributed by atoms with Crippen LogP contribution in [-0.4, -0.2) is 12.6 Å². The number of ether oxygens (including phenoxy) is 1. The molecule has 0 aromatic heterocycles. The summed E-state index contributed by atoms with van der Waals surface area (Å²) in [6, 6.07) is 3.77. The van der Waals surface area contributed by atoms with Crippen molar-refractivity contribution in [2.45, 2.75) is 20.3 Å². The SMILES string of the molecule is CCCOC(=O)c1c(I)ccc(C)c1N. The molecule has 0 saturated carbocycles. The van der Waals surface area contributed by atoms with Crippen LogP contribution < -0.4 is 5.73 Å². The summed E-state index contributed by atoms with van der Waals surface area (Å²) in [6.45, 7) is 4.27. The quantitative estimate of drug-likeness (QED) is 0.529. The average Bonchev–Trinajstić information content (AvgIpc) is 2.21. The lowest BCUT2D eigenvalue weighted by molar-refractivity contribution is 0.0505. The summed E-state index contributed by atoms with van der Waals surface area (Å²) in [5.41, 5.74) is 7.76. The van der Waals surface area contributed by atoms with Crippen molar-refractivity contribution >= 4 is 34.2 Å². The fourth-order valence-electron chi connectivity index (χ4n) is 1.17. The van der Waals surface area contributed by atoms with Gasteiger partial charge in [0.2, 0.25) is 0 Å². The summed E-state index contributed by atoms with van der Waals surface area (Å²) in [5, 5.41) is 0. The fraction of sp³-hybridized carbons (Fsp3) is 0.364. The van der Waals surface area contributed by atoms with Gasteiger partial charge in [0.25, 0.3) is 0 Å². The van der Waals surface area contributed by atoms with Gasteiger partial charge in [0.15, 0.2) is 0 Å². The van der Waals surface area contributed by atoms with Crippen LogP contribution in [0.3, 0.4) is 0 Å². The van der Waals surface area contributed by atoms with E-state index in [0.29, 0.717) is 17.9 Å². The minimum absolute atomic E-state index is 0.331. The van der Waals surface area contributed by atoms with Gasteiger partial charge in [0, 0.05) is 3.57 Å². The van der Waals surface area contributed by atoms with Gasteiger partial charge in [-0.25, -0.2) is 4.79 Å². The summed E-state index contributed by atoms with van der Waals surface area (Å²) >= 11 is 2.09. The van der Waals surface area contributed by atoms with Gasteiger partial charge in [-0.15, -0.1) is 0 Å². The highest BCUT2D eigenvalue weighted by molar-refractivity contribution is 14.1. The second kappa shape index (κ2) is 5.34. The van der Waals surface area contributed by atoms with Gasteiger partial charge in [0.05, 0.1) is 17.9 Å². The third-order valence-electron chi connectivity index (χ3n) is 2.05. The zero-order chi connectivity index (χ0) is 11.4. The van der Waals surface area contributed by atoms with Crippen LogP contribution in [0.5, 0.6) is 0 Å². The number of benzene rings is 1. The van der Waals surface area contributed by atoms with E-state index in [2.05, 4.69) is 22.6 Å². The highest BCUT2D eigenvalue weighted by atomic mass is 127. The zero-order valence-electron chi connectivity index (χ0n) is 8.84. The van der Waals surface area contributed by atoms with Crippen LogP contribution in [-0.2, 0) is 4.74 Å². The maximum Gasteiger partial charge on any atom is 0.341 e. The number of hydrogen-bond acceptors (Lipinski definition) is 3. The number of halogens is 1. The topological polar surface area (TPSA) is 52.3 Å². The average molecular weight is 319 g/mol. The van der Waals surface area contributed by atoms with Gasteiger partial charge >= 0.3 is 5.97 Å². The Kier molecular flexibility index (Phi) is 4.38. The molecule has 2 N–H and O–H groups in total. The summed E-state index contributed by atoms with van der Waals surface area (Å²) in [7, 11) is 0. The number of nitrogen functional groups attached to an aromatic ring is 1. The number of hydrogen-bond donors (Lipinski definition) is 1. The minimum Gasteiger partial charge on any atom is -0.462 e. The van der Waals surface area contributed by atoms with Crippen molar-refractivity contribution in [2.24, 2.45) is 0 Å². The van der Waals surface area contributed by atoms with Crippen LogP contribution in [0, 0.1) is 10.5 Å². The number of nitrogens with two attached hydrogens (primary N) is 1. The minimum atomic E-state index is -0.331. The Hall–Kier alpha value is -0.780. The van der Waals surface area contributed by atoms with Crippen molar-refractivity contribution in [2.75, 3.05) is 12.3 Å². The van der Waals surface area contributed by atoms with Crippen molar-refractivity contribution in [1.82, 2.24) is 0 Å². The summed E-state index contributed by atoms with van der Waals surface area (Å²) in [6.07, 6.45) is 0.814. The Bertz CT molecular complexity index is 377. The molecule has 0 heterocycles. The molecule has 0 spiro atoms. The van der Waals surface area contributed by atoms with Crippen LogP contribution in [0.15, 0.2) is 12.1 Å². The third-order valence-corrected chi connectivity index (χ3v) is 2.95. The lowest BCUT2D eigenvalue weighted by Gasteiger charge is -2.10. The highest BCUT2D eigenvalue weighted by Crippen LogP contribution is 2.23. The molecule has 4 heteroatoms. The first-order valence-corrected chi connectivity index (χ1v) is 5.87. The monoisotopic (exact) mass is 319 g/mol. The standard InChI is InChI=1S/C11H14INO2/c1-3-6-15-11(14)9-8(12)5-4-7(2)10(9)13/h4-5H,3,6,13H2,1-2H3. The summed E-state index contributed by atoms with van der Waals surface area (Å²) < 4.78 is 5.90. The molecule has 0 atom stereocenters. The molecule has 0 bridgehead atoms. The highest BCUT2D eigenvalue weighted by Gasteiger charge is 2.16. The molecular weight excluding hydrogens is 305 g/mol. The van der Waals surface area contributed by atoms with Crippen LogP contribution in [0.4, 0.5) is 5.69 Å². The fourth-order valence-corrected chi connectivity index (χ4v) is 1.86. The molecule has 1 aromatic rings. The Labute approximate surface area is 103 Å². The first-order chi connectivity index (χ1) is 7.07. The van der Waals surface area contributed by atoms with E-state index >= 15 is 0 Å². The Balaban J connectivity index is 3.02. The molecule has 0 fully saturated rings. The van der Waals surface area contributed by atoms with E-state index in [-0.39, 0.29) is 5.97 Å². The van der Waals surface area contributed by atoms with Gasteiger partial charge in [-0.2, -0.15) is 0 Å². The van der Waals surface area contributed by atoms with Crippen LogP contribution in [0.25, 0.3) is 0 Å². The largest absolute Gasteiger partial charge is 0.462 e. The van der Waals surface area contributed by atoms with E-state index < -0.39 is 0 Å². The molecule has 0 aliphatic heterocycles. The molecule has 0 aliphatic rings. The van der Waals surface area contributed by atoms with E-state index in [0.717, 1.165) is 15.6 Å². The molecule has 0 amide bonds. The molecule has 0 aliphatic carbocycles. The van der Waals surface area contributed by atoms with Crippen molar-refractivity contribution in [3.63, 3.8) is 0 Å². The predicted molar refractivity (Wildman–Crippen MR) is 68.9 cm³/mol.